The van der Waals surface area contributed by atoms with Crippen molar-refractivity contribution in [2.45, 2.75) is 46.5 Å². The Morgan fingerprint density at radius 2 is 1.41 bits per heavy atom. The highest BCUT2D eigenvalue weighted by Gasteiger charge is 2.27. The summed E-state index contributed by atoms with van der Waals surface area (Å²) >= 11 is 0. The Morgan fingerprint density at radius 3 is 1.76 bits per heavy atom. The summed E-state index contributed by atoms with van der Waals surface area (Å²) in [5.74, 6) is 0. The van der Waals surface area contributed by atoms with Gasteiger partial charge in [-0.2, -0.15) is 0 Å². The molecule has 0 unspecified atom stereocenters. The van der Waals surface area contributed by atoms with Crippen LogP contribution in [-0.2, 0) is 5.41 Å². The summed E-state index contributed by atoms with van der Waals surface area (Å²) in [6, 6.07) is 7.54. The first-order chi connectivity index (χ1) is 7.62. The smallest absolute Gasteiger partial charge is 0.423 e. The molecule has 1 rings (SSSR count). The molecule has 17 heavy (non-hydrogen) atoms. The van der Waals surface area contributed by atoms with Crippen molar-refractivity contribution in [1.82, 2.24) is 0 Å². The molecule has 1 aromatic rings. The van der Waals surface area contributed by atoms with Crippen molar-refractivity contribution in [2.24, 2.45) is 5.41 Å². The standard InChI is InChI=1S/C14H23BO2/c1-13(2,3)10-14(4,5)11-6-8-12(9-7-11)15(16)17/h6-9,16-17H,10H2,1-5H3. The number of benzene rings is 1. The molecular weight excluding hydrogens is 211 g/mol. The van der Waals surface area contributed by atoms with Gasteiger partial charge in [-0.1, -0.05) is 58.9 Å². The predicted molar refractivity (Wildman–Crippen MR) is 73.4 cm³/mol. The fraction of sp³-hybridized carbons (Fsp3) is 0.571. The zero-order valence-corrected chi connectivity index (χ0v) is 11.5. The van der Waals surface area contributed by atoms with E-state index in [9.17, 15) is 0 Å². The molecule has 0 saturated carbocycles. The van der Waals surface area contributed by atoms with Crippen LogP contribution in [0.5, 0.6) is 0 Å². The molecular formula is C14H23BO2. The maximum absolute atomic E-state index is 9.06. The number of rotatable bonds is 3. The quantitative estimate of drug-likeness (QED) is 0.786. The van der Waals surface area contributed by atoms with Gasteiger partial charge in [-0.3, -0.25) is 0 Å². The van der Waals surface area contributed by atoms with Crippen LogP contribution in [0.3, 0.4) is 0 Å². The molecule has 0 radical (unpaired) electrons. The first-order valence-electron chi connectivity index (χ1n) is 6.08. The van der Waals surface area contributed by atoms with E-state index in [4.69, 9.17) is 10.0 Å². The van der Waals surface area contributed by atoms with Crippen LogP contribution in [0, 0.1) is 5.41 Å². The molecule has 2 N–H and O–H groups in total. The third kappa shape index (κ3) is 4.17. The molecule has 0 heterocycles. The Balaban J connectivity index is 2.92. The predicted octanol–water partition coefficient (Wildman–Crippen LogP) is 2.08. The molecule has 0 amide bonds. The first kappa shape index (κ1) is 14.3. The van der Waals surface area contributed by atoms with E-state index >= 15 is 0 Å². The second kappa shape index (κ2) is 4.83. The summed E-state index contributed by atoms with van der Waals surface area (Å²) in [5.41, 5.74) is 2.15. The largest absolute Gasteiger partial charge is 0.488 e. The van der Waals surface area contributed by atoms with Crippen LogP contribution in [0.25, 0.3) is 0 Å². The van der Waals surface area contributed by atoms with Gasteiger partial charge in [0, 0.05) is 0 Å². The van der Waals surface area contributed by atoms with Crippen molar-refractivity contribution in [3.05, 3.63) is 29.8 Å². The Kier molecular flexibility index (Phi) is 4.05. The molecule has 0 aliphatic heterocycles. The molecule has 0 aliphatic rings. The van der Waals surface area contributed by atoms with E-state index in [1.165, 1.54) is 5.56 Å². The lowest BCUT2D eigenvalue weighted by molar-refractivity contribution is 0.284. The van der Waals surface area contributed by atoms with Crippen molar-refractivity contribution in [3.8, 4) is 0 Å². The topological polar surface area (TPSA) is 40.5 Å². The van der Waals surface area contributed by atoms with Crippen LogP contribution < -0.4 is 5.46 Å². The maximum Gasteiger partial charge on any atom is 0.488 e. The summed E-state index contributed by atoms with van der Waals surface area (Å²) in [7, 11) is -1.38. The van der Waals surface area contributed by atoms with E-state index in [1.807, 2.05) is 12.1 Å². The molecule has 0 spiro atoms. The SMILES string of the molecule is CC(C)(C)CC(C)(C)c1ccc(B(O)O)cc1. The molecule has 3 heteroatoms. The number of hydrogen-bond acceptors (Lipinski definition) is 2. The molecule has 0 saturated heterocycles. The molecule has 0 fully saturated rings. The monoisotopic (exact) mass is 234 g/mol. The van der Waals surface area contributed by atoms with Crippen LogP contribution in [-0.4, -0.2) is 17.2 Å². The minimum Gasteiger partial charge on any atom is -0.423 e. The lowest BCUT2D eigenvalue weighted by atomic mass is 9.71. The van der Waals surface area contributed by atoms with Crippen LogP contribution in [0.15, 0.2) is 24.3 Å². The summed E-state index contributed by atoms with van der Waals surface area (Å²) < 4.78 is 0. The molecule has 2 nitrogen and oxygen atoms in total. The first-order valence-corrected chi connectivity index (χ1v) is 6.08. The minimum absolute atomic E-state index is 0.0944. The lowest BCUT2D eigenvalue weighted by Crippen LogP contribution is -2.31. The van der Waals surface area contributed by atoms with E-state index in [2.05, 4.69) is 34.6 Å². The highest BCUT2D eigenvalue weighted by molar-refractivity contribution is 6.58. The van der Waals surface area contributed by atoms with Crippen molar-refractivity contribution in [1.29, 1.82) is 0 Å². The maximum atomic E-state index is 9.06. The molecule has 0 bridgehead atoms. The fourth-order valence-corrected chi connectivity index (χ4v) is 2.53. The van der Waals surface area contributed by atoms with Crippen LogP contribution in [0.2, 0.25) is 0 Å². The molecule has 1 aromatic carbocycles. The molecule has 0 atom stereocenters. The van der Waals surface area contributed by atoms with Crippen LogP contribution in [0.4, 0.5) is 0 Å². The van der Waals surface area contributed by atoms with E-state index in [0.717, 1.165) is 6.42 Å². The van der Waals surface area contributed by atoms with E-state index in [1.54, 1.807) is 12.1 Å². The van der Waals surface area contributed by atoms with Gasteiger partial charge in [0.25, 0.3) is 0 Å². The summed E-state index contributed by atoms with van der Waals surface area (Å²) in [5, 5.41) is 18.1. The van der Waals surface area contributed by atoms with Crippen molar-refractivity contribution >= 4 is 12.6 Å². The second-order valence-corrected chi connectivity index (χ2v) is 6.62. The third-order valence-electron chi connectivity index (χ3n) is 2.96. The Hall–Kier alpha value is -0.795. The van der Waals surface area contributed by atoms with Crippen molar-refractivity contribution < 1.29 is 10.0 Å². The zero-order valence-electron chi connectivity index (χ0n) is 11.5. The Bertz CT molecular complexity index is 361. The Labute approximate surface area is 105 Å². The summed E-state index contributed by atoms with van der Waals surface area (Å²) in [6.45, 7) is 11.2. The molecule has 0 aliphatic carbocycles. The Morgan fingerprint density at radius 1 is 0.941 bits per heavy atom. The van der Waals surface area contributed by atoms with E-state index in [-0.39, 0.29) is 10.8 Å². The normalized spacial score (nSPS) is 12.6. The summed E-state index contributed by atoms with van der Waals surface area (Å²) in [4.78, 5) is 0. The van der Waals surface area contributed by atoms with Gasteiger partial charge in [0.1, 0.15) is 0 Å². The second-order valence-electron chi connectivity index (χ2n) is 6.62. The van der Waals surface area contributed by atoms with Gasteiger partial charge < -0.3 is 10.0 Å². The lowest BCUT2D eigenvalue weighted by Gasteiger charge is -2.33. The van der Waals surface area contributed by atoms with Crippen LogP contribution >= 0.6 is 0 Å². The van der Waals surface area contributed by atoms with Gasteiger partial charge in [-0.05, 0) is 28.3 Å². The zero-order chi connectivity index (χ0) is 13.3. The van der Waals surface area contributed by atoms with Crippen molar-refractivity contribution in [3.63, 3.8) is 0 Å². The fourth-order valence-electron chi connectivity index (χ4n) is 2.53. The van der Waals surface area contributed by atoms with Gasteiger partial charge >= 0.3 is 7.12 Å². The minimum atomic E-state index is -1.38. The number of hydrogen-bond donors (Lipinski definition) is 2. The van der Waals surface area contributed by atoms with E-state index < -0.39 is 7.12 Å². The van der Waals surface area contributed by atoms with E-state index in [0.29, 0.717) is 5.46 Å². The highest BCUT2D eigenvalue weighted by Crippen LogP contribution is 2.35. The molecule has 0 aromatic heterocycles. The van der Waals surface area contributed by atoms with Gasteiger partial charge in [-0.25, -0.2) is 0 Å². The van der Waals surface area contributed by atoms with Gasteiger partial charge in [0.15, 0.2) is 0 Å². The third-order valence-corrected chi connectivity index (χ3v) is 2.96. The van der Waals surface area contributed by atoms with Crippen LogP contribution in [0.1, 0.15) is 46.6 Å². The average molecular weight is 234 g/mol. The molecule has 94 valence electrons. The van der Waals surface area contributed by atoms with Gasteiger partial charge in [-0.15, -0.1) is 0 Å². The van der Waals surface area contributed by atoms with Gasteiger partial charge in [0.05, 0.1) is 0 Å². The van der Waals surface area contributed by atoms with Crippen molar-refractivity contribution in [2.75, 3.05) is 0 Å². The average Bonchev–Trinajstić information content (AvgIpc) is 2.14. The summed E-state index contributed by atoms with van der Waals surface area (Å²) in [6.07, 6.45) is 1.08. The highest BCUT2D eigenvalue weighted by atomic mass is 16.4. The van der Waals surface area contributed by atoms with Gasteiger partial charge in [0.2, 0.25) is 0 Å².